The van der Waals surface area contributed by atoms with E-state index < -0.39 is 17.8 Å². The number of hydrogen-bond acceptors (Lipinski definition) is 9. The minimum atomic E-state index is -0.838. The van der Waals surface area contributed by atoms with Gasteiger partial charge in [0, 0.05) is 89.6 Å². The number of hydrogen-bond donors (Lipinski definition) is 2. The van der Waals surface area contributed by atoms with Crippen LogP contribution in [0.4, 0.5) is 14.9 Å². The maximum Gasteiger partial charge on any atom is 0.338 e. The van der Waals surface area contributed by atoms with Crippen molar-refractivity contribution in [1.29, 1.82) is 0 Å². The highest BCUT2D eigenvalue weighted by Gasteiger charge is 2.42. The lowest BCUT2D eigenvalue weighted by Gasteiger charge is -2.38. The van der Waals surface area contributed by atoms with Gasteiger partial charge in [-0.15, -0.1) is 11.3 Å². The van der Waals surface area contributed by atoms with Crippen molar-refractivity contribution in [3.05, 3.63) is 98.6 Å². The van der Waals surface area contributed by atoms with Crippen LogP contribution in [0.5, 0.6) is 0 Å². The van der Waals surface area contributed by atoms with Gasteiger partial charge in [0.1, 0.15) is 17.7 Å². The van der Waals surface area contributed by atoms with Crippen LogP contribution in [0.25, 0.3) is 11.4 Å². The highest BCUT2D eigenvalue weighted by atomic mass is 35.5. The van der Waals surface area contributed by atoms with E-state index >= 15 is 0 Å². The number of nitrogens with one attached hydrogen (secondary N) is 2. The highest BCUT2D eigenvalue weighted by molar-refractivity contribution is 7.11. The molecule has 5 heterocycles. The molecule has 3 fully saturated rings. The number of esters is 1. The van der Waals surface area contributed by atoms with Gasteiger partial charge in [0.25, 0.3) is 0 Å². The van der Waals surface area contributed by atoms with Crippen LogP contribution in [0.1, 0.15) is 41.1 Å². The molecule has 11 nitrogen and oxygen atoms in total. The van der Waals surface area contributed by atoms with Crippen molar-refractivity contribution in [2.45, 2.75) is 30.8 Å². The fourth-order valence-electron chi connectivity index (χ4n) is 6.71. The molecule has 1 saturated carbocycles. The molecule has 8 rings (SSSR count). The van der Waals surface area contributed by atoms with Crippen molar-refractivity contribution in [3.63, 3.8) is 0 Å². The van der Waals surface area contributed by atoms with Crippen LogP contribution >= 0.6 is 22.9 Å². The SMILES string of the molecule is COC(=O)C1=C(CN2CCN3C(=O)N(c4ccc(-c5ncc(C6CC6)[nH]5)cc4)C[C@@H]3C2)NC(c2nccs2)=N[C@H]1c1ccc(F)cc1Cl. The molecule has 0 unspecified atom stereocenters. The molecule has 3 aliphatic heterocycles. The van der Waals surface area contributed by atoms with E-state index in [-0.39, 0.29) is 17.1 Å². The first-order chi connectivity index (χ1) is 23.4. The molecule has 14 heteroatoms. The zero-order chi connectivity index (χ0) is 32.9. The molecular formula is C34H32ClFN8O3S. The molecule has 2 saturated heterocycles. The smallest absolute Gasteiger partial charge is 0.338 e. The van der Waals surface area contributed by atoms with E-state index in [0.29, 0.717) is 66.3 Å². The molecule has 2 atom stereocenters. The van der Waals surface area contributed by atoms with E-state index in [0.717, 1.165) is 17.1 Å². The monoisotopic (exact) mass is 686 g/mol. The van der Waals surface area contributed by atoms with Crippen LogP contribution in [-0.4, -0.2) is 88.5 Å². The lowest BCUT2D eigenvalue weighted by molar-refractivity contribution is -0.136. The summed E-state index contributed by atoms with van der Waals surface area (Å²) < 4.78 is 19.2. The zero-order valence-electron chi connectivity index (χ0n) is 26.0. The maximum atomic E-state index is 14.0. The van der Waals surface area contributed by atoms with Crippen LogP contribution in [-0.2, 0) is 9.53 Å². The predicted molar refractivity (Wildman–Crippen MR) is 181 cm³/mol. The molecule has 0 bridgehead atoms. The first-order valence-corrected chi connectivity index (χ1v) is 17.1. The first-order valence-electron chi connectivity index (χ1n) is 15.8. The number of carbonyl (C=O) groups excluding carboxylic acids is 2. The quantitative estimate of drug-likeness (QED) is 0.240. The average molecular weight is 687 g/mol. The summed E-state index contributed by atoms with van der Waals surface area (Å²) in [6.45, 7) is 2.64. The molecule has 0 radical (unpaired) electrons. The molecule has 4 aliphatic rings. The summed E-state index contributed by atoms with van der Waals surface area (Å²) in [5, 5.41) is 5.99. The Hall–Kier alpha value is -4.59. The van der Waals surface area contributed by atoms with Crippen molar-refractivity contribution in [2.24, 2.45) is 4.99 Å². The number of piperazine rings is 1. The first kappa shape index (κ1) is 30.7. The van der Waals surface area contributed by atoms with Crippen molar-refractivity contribution < 1.29 is 18.7 Å². The lowest BCUT2D eigenvalue weighted by atomic mass is 9.95. The Morgan fingerprint density at radius 1 is 1.12 bits per heavy atom. The Labute approximate surface area is 285 Å². The van der Waals surface area contributed by atoms with Gasteiger partial charge < -0.3 is 19.9 Å². The Kier molecular flexibility index (Phi) is 7.97. The number of H-pyrrole nitrogens is 1. The second kappa shape index (κ2) is 12.5. The van der Waals surface area contributed by atoms with E-state index in [9.17, 15) is 14.0 Å². The van der Waals surface area contributed by atoms with E-state index in [4.69, 9.17) is 21.3 Å². The van der Waals surface area contributed by atoms with Crippen molar-refractivity contribution in [2.75, 3.05) is 44.7 Å². The number of nitrogens with zero attached hydrogens (tertiary/aromatic N) is 6. The minimum absolute atomic E-state index is 0.0177. The fourth-order valence-corrected chi connectivity index (χ4v) is 7.56. The number of thiazole rings is 1. The number of benzene rings is 2. The molecule has 2 aromatic heterocycles. The number of amidine groups is 1. The normalized spacial score (nSPS) is 21.3. The summed E-state index contributed by atoms with van der Waals surface area (Å²) >= 11 is 7.91. The van der Waals surface area contributed by atoms with E-state index in [1.54, 1.807) is 12.3 Å². The number of aliphatic imine (C=N–C) groups is 1. The van der Waals surface area contributed by atoms with Gasteiger partial charge in [-0.25, -0.2) is 23.9 Å². The van der Waals surface area contributed by atoms with Crippen LogP contribution in [0.3, 0.4) is 0 Å². The van der Waals surface area contributed by atoms with Gasteiger partial charge in [0.2, 0.25) is 0 Å². The third-order valence-electron chi connectivity index (χ3n) is 9.31. The number of halogens is 2. The van der Waals surface area contributed by atoms with Gasteiger partial charge in [-0.3, -0.25) is 14.8 Å². The van der Waals surface area contributed by atoms with Crippen molar-refractivity contribution in [3.8, 4) is 11.4 Å². The lowest BCUT2D eigenvalue weighted by Crippen LogP contribution is -2.53. The Morgan fingerprint density at radius 2 is 1.96 bits per heavy atom. The maximum absolute atomic E-state index is 14.0. The molecular weight excluding hydrogens is 655 g/mol. The molecule has 246 valence electrons. The summed E-state index contributed by atoms with van der Waals surface area (Å²) in [4.78, 5) is 50.1. The van der Waals surface area contributed by atoms with Crippen molar-refractivity contribution >= 4 is 46.5 Å². The number of urea groups is 1. The fraction of sp³-hybridized carbons (Fsp3) is 0.324. The number of imidazole rings is 1. The number of carbonyl (C=O) groups is 2. The number of rotatable bonds is 8. The zero-order valence-corrected chi connectivity index (χ0v) is 27.6. The second-order valence-electron chi connectivity index (χ2n) is 12.4. The Morgan fingerprint density at radius 3 is 2.69 bits per heavy atom. The van der Waals surface area contributed by atoms with Crippen LogP contribution in [0.15, 0.2) is 76.5 Å². The molecule has 2 amide bonds. The largest absolute Gasteiger partial charge is 0.466 e. The number of fused-ring (bicyclic) bond motifs is 1. The number of aromatic amines is 1. The number of ether oxygens (including phenoxy) is 1. The molecule has 1 aliphatic carbocycles. The van der Waals surface area contributed by atoms with Gasteiger partial charge >= 0.3 is 12.0 Å². The minimum Gasteiger partial charge on any atom is -0.466 e. The van der Waals surface area contributed by atoms with Gasteiger partial charge in [-0.2, -0.15) is 0 Å². The van der Waals surface area contributed by atoms with Gasteiger partial charge in [-0.05, 0) is 49.2 Å². The molecule has 0 spiro atoms. The summed E-state index contributed by atoms with van der Waals surface area (Å²) in [6, 6.07) is 11.1. The third-order valence-corrected chi connectivity index (χ3v) is 10.4. The van der Waals surface area contributed by atoms with E-state index in [2.05, 4.69) is 25.2 Å². The molecule has 48 heavy (non-hydrogen) atoms. The number of amides is 2. The van der Waals surface area contributed by atoms with E-state index in [1.165, 1.54) is 49.1 Å². The van der Waals surface area contributed by atoms with Crippen LogP contribution in [0, 0.1) is 5.82 Å². The van der Waals surface area contributed by atoms with Gasteiger partial charge in [-0.1, -0.05) is 17.7 Å². The summed E-state index contributed by atoms with van der Waals surface area (Å²) in [6.07, 6.45) is 6.02. The summed E-state index contributed by atoms with van der Waals surface area (Å²) in [5.41, 5.74) is 4.38. The second-order valence-corrected chi connectivity index (χ2v) is 13.7. The Bertz CT molecular complexity index is 1940. The highest BCUT2D eigenvalue weighted by Crippen LogP contribution is 2.40. The van der Waals surface area contributed by atoms with Crippen LogP contribution < -0.4 is 10.2 Å². The summed E-state index contributed by atoms with van der Waals surface area (Å²) in [5.74, 6) is 0.880. The van der Waals surface area contributed by atoms with E-state index in [1.807, 2.05) is 45.6 Å². The number of aromatic nitrogens is 3. The number of anilines is 1. The van der Waals surface area contributed by atoms with Gasteiger partial charge in [0.05, 0.1) is 18.7 Å². The standard InChI is InChI=1S/C34H32ClFN8O3S/c1-47-33(45)28-27(40-31(32-37-10-13-48-32)41-29(28)24-9-6-21(36)14-25(24)35)18-42-11-12-43-23(16-42)17-44(34(43)46)22-7-4-20(5-8-22)30-38-15-26(39-30)19-2-3-19/h4-10,13-15,19,23,29H,2-3,11-12,16-18H2,1H3,(H,38,39)(H,40,41)/t23-,29-/m0/s1. The predicted octanol–water partition coefficient (Wildman–Crippen LogP) is 5.35. The van der Waals surface area contributed by atoms with Crippen LogP contribution in [0.2, 0.25) is 5.02 Å². The topological polar surface area (TPSA) is 119 Å². The molecule has 2 aromatic carbocycles. The average Bonchev–Trinajstić information content (AvgIpc) is 3.44. The summed E-state index contributed by atoms with van der Waals surface area (Å²) in [7, 11) is 1.32. The van der Waals surface area contributed by atoms with Crippen molar-refractivity contribution in [1.82, 2.24) is 30.1 Å². The molecule has 4 aromatic rings. The Balaban J connectivity index is 1.03. The van der Waals surface area contributed by atoms with Gasteiger partial charge in [0.15, 0.2) is 10.8 Å². The molecule has 2 N–H and O–H groups in total. The number of methoxy groups -OCH3 is 1. The third kappa shape index (κ3) is 5.75.